The summed E-state index contributed by atoms with van der Waals surface area (Å²) in [4.78, 5) is 38.6. The van der Waals surface area contributed by atoms with Crippen molar-refractivity contribution in [2.45, 2.75) is 33.3 Å². The minimum atomic E-state index is -0.541. The maximum Gasteiger partial charge on any atom is 0.410 e. The fourth-order valence-electron chi connectivity index (χ4n) is 3.50. The molecule has 1 fully saturated rings. The molecule has 0 N–H and O–H groups in total. The number of hydrogen-bond donors (Lipinski definition) is 0. The summed E-state index contributed by atoms with van der Waals surface area (Å²) in [6.45, 7) is 9.45. The van der Waals surface area contributed by atoms with Crippen LogP contribution >= 0.6 is 0 Å². The van der Waals surface area contributed by atoms with Gasteiger partial charge in [0.15, 0.2) is 5.78 Å². The Balaban J connectivity index is 1.69. The molecule has 2 aromatic carbocycles. The number of benzene rings is 2. The Morgan fingerprint density at radius 2 is 1.55 bits per heavy atom. The molecule has 1 saturated heterocycles. The van der Waals surface area contributed by atoms with Crippen molar-refractivity contribution < 1.29 is 19.2 Å². The van der Waals surface area contributed by atoms with Crippen molar-refractivity contribution in [3.8, 4) is 11.1 Å². The highest BCUT2D eigenvalue weighted by Crippen LogP contribution is 2.29. The number of carbonyl (C=O) groups is 2. The van der Waals surface area contributed by atoms with Crippen LogP contribution in [0.5, 0.6) is 0 Å². The van der Waals surface area contributed by atoms with Gasteiger partial charge in [0.1, 0.15) is 5.60 Å². The SMILES string of the molecule is CC(=O)c1cc(-c2ccc(N3CCN(C(=O)OC(C)(C)C)CC3)cc2)ccc1[N+](=O)[O-]. The summed E-state index contributed by atoms with van der Waals surface area (Å²) >= 11 is 0. The molecule has 2 aromatic rings. The van der Waals surface area contributed by atoms with E-state index in [1.54, 1.807) is 17.0 Å². The van der Waals surface area contributed by atoms with Gasteiger partial charge in [-0.05, 0) is 63.1 Å². The number of Topliss-reactive ketones (excluding diaryl/α,β-unsaturated/α-hetero) is 1. The van der Waals surface area contributed by atoms with Crippen LogP contribution in [0.4, 0.5) is 16.2 Å². The zero-order valence-corrected chi connectivity index (χ0v) is 18.3. The Morgan fingerprint density at radius 1 is 0.968 bits per heavy atom. The van der Waals surface area contributed by atoms with Crippen LogP contribution in [0.25, 0.3) is 11.1 Å². The Bertz CT molecular complexity index is 987. The molecular weight excluding hydrogens is 398 g/mol. The summed E-state index contributed by atoms with van der Waals surface area (Å²) in [5.74, 6) is -0.340. The highest BCUT2D eigenvalue weighted by molar-refractivity contribution is 5.99. The highest BCUT2D eigenvalue weighted by Gasteiger charge is 2.26. The quantitative estimate of drug-likeness (QED) is 0.406. The summed E-state index contributed by atoms with van der Waals surface area (Å²) in [6.07, 6.45) is -0.290. The normalized spacial score (nSPS) is 14.3. The molecule has 0 radical (unpaired) electrons. The summed E-state index contributed by atoms with van der Waals surface area (Å²) in [6, 6.07) is 12.4. The molecule has 0 atom stereocenters. The molecule has 1 aliphatic rings. The molecule has 1 heterocycles. The van der Waals surface area contributed by atoms with Gasteiger partial charge < -0.3 is 14.5 Å². The fraction of sp³-hybridized carbons (Fsp3) is 0.391. The second-order valence-electron chi connectivity index (χ2n) is 8.55. The number of ketones is 1. The maximum atomic E-state index is 12.2. The number of hydrogen-bond acceptors (Lipinski definition) is 6. The Kier molecular flexibility index (Phi) is 6.29. The molecule has 1 amide bonds. The number of nitro benzene ring substituents is 1. The van der Waals surface area contributed by atoms with Crippen LogP contribution in [0.1, 0.15) is 38.1 Å². The second kappa shape index (κ2) is 8.75. The molecule has 1 aliphatic heterocycles. The number of carbonyl (C=O) groups excluding carboxylic acids is 2. The number of anilines is 1. The lowest BCUT2D eigenvalue weighted by molar-refractivity contribution is -0.385. The second-order valence-corrected chi connectivity index (χ2v) is 8.55. The third-order valence-corrected chi connectivity index (χ3v) is 5.07. The first-order chi connectivity index (χ1) is 14.5. The van der Waals surface area contributed by atoms with E-state index in [1.165, 1.54) is 13.0 Å². The van der Waals surface area contributed by atoms with E-state index in [0.717, 1.165) is 16.8 Å². The molecule has 8 nitrogen and oxygen atoms in total. The van der Waals surface area contributed by atoms with Gasteiger partial charge >= 0.3 is 6.09 Å². The lowest BCUT2D eigenvalue weighted by Crippen LogP contribution is -2.50. The standard InChI is InChI=1S/C23H27N3O5/c1-16(27)20-15-18(7-10-21(20)26(29)30)17-5-8-19(9-6-17)24-11-13-25(14-12-24)22(28)31-23(2,3)4/h5-10,15H,11-14H2,1-4H3. The molecule has 31 heavy (non-hydrogen) atoms. The molecule has 0 bridgehead atoms. The van der Waals surface area contributed by atoms with Gasteiger partial charge in [-0.25, -0.2) is 4.79 Å². The first-order valence-electron chi connectivity index (χ1n) is 10.2. The predicted molar refractivity (Wildman–Crippen MR) is 119 cm³/mol. The van der Waals surface area contributed by atoms with Gasteiger partial charge in [-0.3, -0.25) is 14.9 Å². The molecule has 0 saturated carbocycles. The van der Waals surface area contributed by atoms with Gasteiger partial charge in [-0.1, -0.05) is 12.1 Å². The van der Waals surface area contributed by atoms with Gasteiger partial charge in [0.25, 0.3) is 5.69 Å². The van der Waals surface area contributed by atoms with Gasteiger partial charge in [0, 0.05) is 37.9 Å². The Morgan fingerprint density at radius 3 is 2.06 bits per heavy atom. The number of ether oxygens (including phenoxy) is 1. The zero-order valence-electron chi connectivity index (χ0n) is 18.3. The summed E-state index contributed by atoms with van der Waals surface area (Å²) in [5.41, 5.74) is 2.05. The topological polar surface area (TPSA) is 93.0 Å². The predicted octanol–water partition coefficient (Wildman–Crippen LogP) is 4.52. The number of amides is 1. The minimum absolute atomic E-state index is 0.102. The van der Waals surface area contributed by atoms with Crippen LogP contribution in [0.3, 0.4) is 0 Å². The van der Waals surface area contributed by atoms with Crippen molar-refractivity contribution in [1.29, 1.82) is 0 Å². The van der Waals surface area contributed by atoms with Crippen LogP contribution in [0.15, 0.2) is 42.5 Å². The Hall–Kier alpha value is -3.42. The van der Waals surface area contributed by atoms with Crippen LogP contribution in [-0.4, -0.2) is 53.5 Å². The van der Waals surface area contributed by atoms with Crippen LogP contribution in [0.2, 0.25) is 0 Å². The molecule has 164 valence electrons. The van der Waals surface area contributed by atoms with E-state index in [-0.39, 0.29) is 23.1 Å². The lowest BCUT2D eigenvalue weighted by atomic mass is 10.00. The van der Waals surface area contributed by atoms with Crippen molar-refractivity contribution in [3.05, 3.63) is 58.1 Å². The largest absolute Gasteiger partial charge is 0.444 e. The molecule has 0 unspecified atom stereocenters. The number of nitrogens with zero attached hydrogens (tertiary/aromatic N) is 3. The average Bonchev–Trinajstić information content (AvgIpc) is 2.72. The van der Waals surface area contributed by atoms with E-state index in [2.05, 4.69) is 4.90 Å². The first-order valence-corrected chi connectivity index (χ1v) is 10.2. The molecule has 0 spiro atoms. The van der Waals surface area contributed by atoms with E-state index in [1.807, 2.05) is 45.0 Å². The molecule has 3 rings (SSSR count). The first kappa shape index (κ1) is 22.3. The molecule has 0 aromatic heterocycles. The average molecular weight is 425 g/mol. The lowest BCUT2D eigenvalue weighted by Gasteiger charge is -2.36. The van der Waals surface area contributed by atoms with Crippen molar-refractivity contribution in [2.75, 3.05) is 31.1 Å². The van der Waals surface area contributed by atoms with Gasteiger partial charge in [-0.15, -0.1) is 0 Å². The van der Waals surface area contributed by atoms with Crippen molar-refractivity contribution in [3.63, 3.8) is 0 Å². The van der Waals surface area contributed by atoms with Gasteiger partial charge in [0.05, 0.1) is 10.5 Å². The number of rotatable bonds is 4. The summed E-state index contributed by atoms with van der Waals surface area (Å²) < 4.78 is 5.43. The van der Waals surface area contributed by atoms with E-state index in [4.69, 9.17) is 4.74 Å². The molecular formula is C23H27N3O5. The van der Waals surface area contributed by atoms with Crippen LogP contribution in [0, 0.1) is 10.1 Å². The highest BCUT2D eigenvalue weighted by atomic mass is 16.6. The van der Waals surface area contributed by atoms with E-state index in [9.17, 15) is 19.7 Å². The van der Waals surface area contributed by atoms with E-state index >= 15 is 0 Å². The summed E-state index contributed by atoms with van der Waals surface area (Å²) in [7, 11) is 0. The smallest absolute Gasteiger partial charge is 0.410 e. The number of piperazine rings is 1. The zero-order chi connectivity index (χ0) is 22.8. The minimum Gasteiger partial charge on any atom is -0.444 e. The van der Waals surface area contributed by atoms with Crippen LogP contribution in [-0.2, 0) is 4.74 Å². The number of nitro groups is 1. The Labute approximate surface area is 181 Å². The van der Waals surface area contributed by atoms with Crippen molar-refractivity contribution in [2.24, 2.45) is 0 Å². The van der Waals surface area contributed by atoms with Gasteiger partial charge in [-0.2, -0.15) is 0 Å². The van der Waals surface area contributed by atoms with Gasteiger partial charge in [0.2, 0.25) is 0 Å². The van der Waals surface area contributed by atoms with E-state index < -0.39 is 10.5 Å². The van der Waals surface area contributed by atoms with Crippen molar-refractivity contribution >= 4 is 23.3 Å². The van der Waals surface area contributed by atoms with E-state index in [0.29, 0.717) is 26.2 Å². The monoisotopic (exact) mass is 425 g/mol. The van der Waals surface area contributed by atoms with Crippen LogP contribution < -0.4 is 4.90 Å². The molecule has 8 heteroatoms. The maximum absolute atomic E-state index is 12.2. The van der Waals surface area contributed by atoms with Crippen molar-refractivity contribution in [1.82, 2.24) is 4.90 Å². The third kappa shape index (κ3) is 5.39. The molecule has 0 aliphatic carbocycles. The summed E-state index contributed by atoms with van der Waals surface area (Å²) in [5, 5.41) is 11.1. The third-order valence-electron chi connectivity index (χ3n) is 5.07. The fourth-order valence-corrected chi connectivity index (χ4v) is 3.50.